The lowest BCUT2D eigenvalue weighted by atomic mass is 10.2. The van der Waals surface area contributed by atoms with Gasteiger partial charge >= 0.3 is 0 Å². The maximum Gasteiger partial charge on any atom is 0.255 e. The number of phenolic OH excluding ortho intramolecular Hbond substituents is 1. The van der Waals surface area contributed by atoms with Gasteiger partial charge in [0.05, 0.1) is 11.4 Å². The van der Waals surface area contributed by atoms with Crippen molar-refractivity contribution >= 4 is 17.3 Å². The number of para-hydroxylation sites is 2. The molecule has 1 saturated heterocycles. The minimum atomic E-state index is -0.261. The Bertz CT molecular complexity index is 705. The van der Waals surface area contributed by atoms with E-state index >= 15 is 0 Å². The van der Waals surface area contributed by atoms with Crippen LogP contribution in [0.15, 0.2) is 48.5 Å². The molecule has 2 aliphatic rings. The number of carbonyl (C=O) groups is 1. The molecule has 0 unspecified atom stereocenters. The van der Waals surface area contributed by atoms with Gasteiger partial charge in [0.1, 0.15) is 5.75 Å². The molecule has 0 spiro atoms. The summed E-state index contributed by atoms with van der Waals surface area (Å²) in [7, 11) is 0. The first kappa shape index (κ1) is 17.3. The average Bonchev–Trinajstić information content (AvgIpc) is 3.33. The molecule has 4 rings (SSSR count). The number of aromatic hydroxyl groups is 1. The Morgan fingerprint density at radius 2 is 1.68 bits per heavy atom. The lowest BCUT2D eigenvalue weighted by Gasteiger charge is -2.11. The van der Waals surface area contributed by atoms with Gasteiger partial charge in [-0.15, -0.1) is 0 Å². The van der Waals surface area contributed by atoms with E-state index in [1.54, 1.807) is 36.4 Å². The third-order valence-corrected chi connectivity index (χ3v) is 4.54. The summed E-state index contributed by atoms with van der Waals surface area (Å²) >= 11 is 0. The number of rotatable bonds is 3. The second-order valence-electron chi connectivity index (χ2n) is 6.56. The maximum atomic E-state index is 11.8. The quantitative estimate of drug-likeness (QED) is 0.748. The molecule has 2 fully saturated rings. The van der Waals surface area contributed by atoms with Gasteiger partial charge in [-0.2, -0.15) is 0 Å². The zero-order chi connectivity index (χ0) is 17.6. The molecule has 5 nitrogen and oxygen atoms in total. The Hall–Kier alpha value is -2.53. The fourth-order valence-electron chi connectivity index (χ4n) is 2.96. The molecule has 5 heteroatoms. The molecular formula is C20H25N3O2. The highest BCUT2D eigenvalue weighted by Crippen LogP contribution is 2.29. The van der Waals surface area contributed by atoms with Crippen LogP contribution in [0.2, 0.25) is 0 Å². The summed E-state index contributed by atoms with van der Waals surface area (Å²) < 4.78 is 0. The number of nitrogens with two attached hydrogens (primary N) is 1. The predicted molar refractivity (Wildman–Crippen MR) is 101 cm³/mol. The van der Waals surface area contributed by atoms with Crippen molar-refractivity contribution in [2.45, 2.75) is 31.7 Å². The molecule has 132 valence electrons. The molecule has 2 aromatic rings. The SMILES string of the molecule is C1CCN(C2CC2)C1.Nc1ccccc1NC(=O)c1ccc(O)cc1. The van der Waals surface area contributed by atoms with Crippen molar-refractivity contribution in [3.63, 3.8) is 0 Å². The third-order valence-electron chi connectivity index (χ3n) is 4.54. The number of likely N-dealkylation sites (tertiary alicyclic amines) is 1. The van der Waals surface area contributed by atoms with Gasteiger partial charge in [0.2, 0.25) is 0 Å². The number of nitrogen functional groups attached to an aromatic ring is 1. The summed E-state index contributed by atoms with van der Waals surface area (Å²) in [6.45, 7) is 2.79. The third kappa shape index (κ3) is 4.97. The van der Waals surface area contributed by atoms with Gasteiger partial charge in [-0.3, -0.25) is 4.79 Å². The number of amides is 1. The molecule has 1 saturated carbocycles. The number of anilines is 2. The molecule has 0 radical (unpaired) electrons. The average molecular weight is 339 g/mol. The highest BCUT2D eigenvalue weighted by molar-refractivity contribution is 6.05. The largest absolute Gasteiger partial charge is 0.508 e. The molecule has 1 amide bonds. The Labute approximate surface area is 148 Å². The van der Waals surface area contributed by atoms with Gasteiger partial charge in [-0.25, -0.2) is 0 Å². The molecule has 0 aromatic heterocycles. The fraction of sp³-hybridized carbons (Fsp3) is 0.350. The summed E-state index contributed by atoms with van der Waals surface area (Å²) in [5.41, 5.74) is 7.27. The van der Waals surface area contributed by atoms with Crippen LogP contribution in [0.3, 0.4) is 0 Å². The van der Waals surface area contributed by atoms with Crippen LogP contribution in [0.5, 0.6) is 5.75 Å². The predicted octanol–water partition coefficient (Wildman–Crippen LogP) is 3.47. The Balaban J connectivity index is 0.000000188. The van der Waals surface area contributed by atoms with Crippen molar-refractivity contribution in [2.24, 2.45) is 0 Å². The highest BCUT2D eigenvalue weighted by atomic mass is 16.3. The highest BCUT2D eigenvalue weighted by Gasteiger charge is 2.30. The lowest BCUT2D eigenvalue weighted by Crippen LogP contribution is -2.20. The zero-order valence-corrected chi connectivity index (χ0v) is 14.3. The molecule has 1 heterocycles. The Kier molecular flexibility index (Phi) is 5.56. The van der Waals surface area contributed by atoms with E-state index in [0.717, 1.165) is 6.04 Å². The Morgan fingerprint density at radius 1 is 1.04 bits per heavy atom. The molecule has 4 N–H and O–H groups in total. The number of phenols is 1. The number of carbonyl (C=O) groups excluding carboxylic acids is 1. The van der Waals surface area contributed by atoms with Crippen molar-refractivity contribution in [1.29, 1.82) is 0 Å². The molecule has 1 aliphatic carbocycles. The van der Waals surface area contributed by atoms with Crippen molar-refractivity contribution in [3.8, 4) is 5.75 Å². The number of hydrogen-bond acceptors (Lipinski definition) is 4. The van der Waals surface area contributed by atoms with Crippen molar-refractivity contribution < 1.29 is 9.90 Å². The van der Waals surface area contributed by atoms with E-state index < -0.39 is 0 Å². The minimum Gasteiger partial charge on any atom is -0.508 e. The first-order chi connectivity index (χ1) is 12.1. The Morgan fingerprint density at radius 3 is 2.28 bits per heavy atom. The van der Waals surface area contributed by atoms with Crippen LogP contribution in [0.25, 0.3) is 0 Å². The summed E-state index contributed by atoms with van der Waals surface area (Å²) in [4.78, 5) is 14.5. The number of benzene rings is 2. The number of nitrogens with zero attached hydrogens (tertiary/aromatic N) is 1. The molecule has 25 heavy (non-hydrogen) atoms. The smallest absolute Gasteiger partial charge is 0.255 e. The summed E-state index contributed by atoms with van der Waals surface area (Å²) in [5.74, 6) is -0.135. The fourth-order valence-corrected chi connectivity index (χ4v) is 2.96. The standard InChI is InChI=1S/C13H12N2O2.C7H13N/c14-11-3-1-2-4-12(11)15-13(17)9-5-7-10(16)8-6-9;1-2-6-8(5-1)7-3-4-7/h1-8,16H,14H2,(H,15,17);7H,1-6H2. The van der Waals surface area contributed by atoms with Crippen LogP contribution in [0.4, 0.5) is 11.4 Å². The normalized spacial score (nSPS) is 16.8. The van der Waals surface area contributed by atoms with E-state index in [2.05, 4.69) is 10.2 Å². The van der Waals surface area contributed by atoms with Crippen molar-refractivity contribution in [2.75, 3.05) is 24.1 Å². The van der Waals surface area contributed by atoms with E-state index in [-0.39, 0.29) is 11.7 Å². The van der Waals surface area contributed by atoms with Crippen LogP contribution in [0, 0.1) is 0 Å². The lowest BCUT2D eigenvalue weighted by molar-refractivity contribution is 0.102. The van der Waals surface area contributed by atoms with E-state index in [4.69, 9.17) is 10.8 Å². The summed E-state index contributed by atoms with van der Waals surface area (Å²) in [5, 5.41) is 11.8. The van der Waals surface area contributed by atoms with E-state index in [1.165, 1.54) is 50.9 Å². The van der Waals surface area contributed by atoms with Gasteiger partial charge < -0.3 is 21.1 Å². The van der Waals surface area contributed by atoms with E-state index in [0.29, 0.717) is 16.9 Å². The molecular weight excluding hydrogens is 314 g/mol. The second kappa shape index (κ2) is 8.03. The van der Waals surface area contributed by atoms with Gasteiger partial charge in [-0.05, 0) is 75.2 Å². The monoisotopic (exact) mass is 339 g/mol. The maximum absolute atomic E-state index is 11.8. The van der Waals surface area contributed by atoms with E-state index in [1.807, 2.05) is 0 Å². The van der Waals surface area contributed by atoms with Crippen LogP contribution < -0.4 is 11.1 Å². The van der Waals surface area contributed by atoms with Crippen LogP contribution in [-0.4, -0.2) is 35.0 Å². The number of nitrogens with one attached hydrogen (secondary N) is 1. The van der Waals surface area contributed by atoms with Crippen molar-refractivity contribution in [3.05, 3.63) is 54.1 Å². The first-order valence-electron chi connectivity index (χ1n) is 8.82. The molecule has 1 aliphatic heterocycles. The molecule has 0 atom stereocenters. The summed E-state index contributed by atoms with van der Waals surface area (Å²) in [6, 6.07) is 14.1. The van der Waals surface area contributed by atoms with Crippen LogP contribution in [0.1, 0.15) is 36.0 Å². The molecule has 2 aromatic carbocycles. The van der Waals surface area contributed by atoms with Gasteiger partial charge in [0, 0.05) is 11.6 Å². The van der Waals surface area contributed by atoms with Gasteiger partial charge in [0.15, 0.2) is 0 Å². The zero-order valence-electron chi connectivity index (χ0n) is 14.3. The topological polar surface area (TPSA) is 78.6 Å². The van der Waals surface area contributed by atoms with Gasteiger partial charge in [0.25, 0.3) is 5.91 Å². The van der Waals surface area contributed by atoms with Crippen LogP contribution in [-0.2, 0) is 0 Å². The van der Waals surface area contributed by atoms with Crippen LogP contribution >= 0.6 is 0 Å². The van der Waals surface area contributed by atoms with Gasteiger partial charge in [-0.1, -0.05) is 12.1 Å². The second-order valence-corrected chi connectivity index (χ2v) is 6.56. The van der Waals surface area contributed by atoms with Crippen molar-refractivity contribution in [1.82, 2.24) is 4.90 Å². The summed E-state index contributed by atoms with van der Waals surface area (Å²) in [6.07, 6.45) is 5.88. The van der Waals surface area contributed by atoms with E-state index in [9.17, 15) is 4.79 Å². The first-order valence-corrected chi connectivity index (χ1v) is 8.82. The minimum absolute atomic E-state index is 0.126. The number of hydrogen-bond donors (Lipinski definition) is 3. The molecule has 0 bridgehead atoms.